The van der Waals surface area contributed by atoms with Crippen LogP contribution in [0.3, 0.4) is 0 Å². The van der Waals surface area contributed by atoms with Gasteiger partial charge in [0.2, 0.25) is 0 Å². The Bertz CT molecular complexity index is 1190. The van der Waals surface area contributed by atoms with E-state index < -0.39 is 5.97 Å². The van der Waals surface area contributed by atoms with Crippen molar-refractivity contribution in [3.05, 3.63) is 95.6 Å². The molecule has 0 spiro atoms. The third-order valence-corrected chi connectivity index (χ3v) is 4.94. The molecule has 0 fully saturated rings. The molecule has 2 amide bonds. The van der Waals surface area contributed by atoms with Gasteiger partial charge in [-0.3, -0.25) is 9.59 Å². The van der Waals surface area contributed by atoms with Gasteiger partial charge in [0, 0.05) is 17.3 Å². The monoisotopic (exact) mass is 428 g/mol. The average molecular weight is 428 g/mol. The number of nitrogens with zero attached hydrogens (tertiary/aromatic N) is 1. The molecule has 32 heavy (non-hydrogen) atoms. The number of benzene rings is 3. The normalized spacial score (nSPS) is 12.9. The van der Waals surface area contributed by atoms with Crippen molar-refractivity contribution >= 4 is 35.2 Å². The second-order valence-electron chi connectivity index (χ2n) is 7.18. The number of anilines is 2. The maximum absolute atomic E-state index is 12.7. The van der Waals surface area contributed by atoms with Gasteiger partial charge in [-0.05, 0) is 47.5 Å². The van der Waals surface area contributed by atoms with Gasteiger partial charge in [-0.25, -0.2) is 4.79 Å². The molecular weight excluding hydrogens is 408 g/mol. The molecule has 1 aliphatic heterocycles. The molecule has 0 aliphatic carbocycles. The van der Waals surface area contributed by atoms with Crippen LogP contribution in [0.1, 0.15) is 21.5 Å². The first-order valence-corrected chi connectivity index (χ1v) is 9.93. The molecule has 4 rings (SSSR count). The molecule has 0 aromatic heterocycles. The number of nitrogens with one attached hydrogen (secondary N) is 1. The Balaban J connectivity index is 1.49. The van der Waals surface area contributed by atoms with E-state index in [4.69, 9.17) is 9.84 Å². The Kier molecular flexibility index (Phi) is 5.98. The van der Waals surface area contributed by atoms with Gasteiger partial charge in [-0.15, -0.1) is 0 Å². The first kappa shape index (κ1) is 20.9. The van der Waals surface area contributed by atoms with Crippen LogP contribution in [-0.4, -0.2) is 29.5 Å². The van der Waals surface area contributed by atoms with Gasteiger partial charge in [0.25, 0.3) is 11.8 Å². The molecule has 7 nitrogen and oxygen atoms in total. The molecule has 0 radical (unpaired) electrons. The molecule has 2 N–H and O–H groups in total. The molecule has 0 unspecified atom stereocenters. The van der Waals surface area contributed by atoms with Crippen LogP contribution in [0.5, 0.6) is 5.75 Å². The zero-order valence-corrected chi connectivity index (χ0v) is 17.0. The number of carbonyl (C=O) groups excluding carboxylic acids is 2. The minimum Gasteiger partial charge on any atom is -0.482 e. The smallest absolute Gasteiger partial charge is 0.328 e. The van der Waals surface area contributed by atoms with Gasteiger partial charge < -0.3 is 20.1 Å². The highest BCUT2D eigenvalue weighted by atomic mass is 16.5. The van der Waals surface area contributed by atoms with E-state index in [9.17, 15) is 14.4 Å². The third-order valence-electron chi connectivity index (χ3n) is 4.94. The Labute approximate surface area is 184 Å². The van der Waals surface area contributed by atoms with Crippen molar-refractivity contribution in [1.29, 1.82) is 0 Å². The molecule has 0 atom stereocenters. The first-order valence-electron chi connectivity index (χ1n) is 9.93. The van der Waals surface area contributed by atoms with Crippen molar-refractivity contribution in [2.45, 2.75) is 6.54 Å². The maximum Gasteiger partial charge on any atom is 0.328 e. The van der Waals surface area contributed by atoms with Gasteiger partial charge in [-0.1, -0.05) is 42.5 Å². The number of carbonyl (C=O) groups is 3. The molecule has 1 heterocycles. The Morgan fingerprint density at radius 3 is 2.50 bits per heavy atom. The van der Waals surface area contributed by atoms with Crippen molar-refractivity contribution in [3.63, 3.8) is 0 Å². The lowest BCUT2D eigenvalue weighted by Gasteiger charge is -2.29. The van der Waals surface area contributed by atoms with E-state index in [1.54, 1.807) is 47.4 Å². The van der Waals surface area contributed by atoms with Crippen molar-refractivity contribution in [2.24, 2.45) is 0 Å². The highest BCUT2D eigenvalue weighted by Gasteiger charge is 2.26. The highest BCUT2D eigenvalue weighted by Crippen LogP contribution is 2.34. The van der Waals surface area contributed by atoms with E-state index in [1.165, 1.54) is 6.08 Å². The molecule has 1 aliphatic rings. The summed E-state index contributed by atoms with van der Waals surface area (Å²) in [5, 5.41) is 11.5. The Hall–Kier alpha value is -4.39. The topological polar surface area (TPSA) is 95.9 Å². The largest absolute Gasteiger partial charge is 0.482 e. The fourth-order valence-corrected chi connectivity index (χ4v) is 3.33. The predicted molar refractivity (Wildman–Crippen MR) is 121 cm³/mol. The van der Waals surface area contributed by atoms with Crippen LogP contribution < -0.4 is 15.0 Å². The number of fused-ring (bicyclic) bond motifs is 1. The lowest BCUT2D eigenvalue weighted by atomic mass is 10.1. The molecule has 3 aromatic carbocycles. The summed E-state index contributed by atoms with van der Waals surface area (Å²) in [5.74, 6) is -1.02. The van der Waals surface area contributed by atoms with Gasteiger partial charge >= 0.3 is 5.97 Å². The van der Waals surface area contributed by atoms with Crippen molar-refractivity contribution < 1.29 is 24.2 Å². The Morgan fingerprint density at radius 2 is 1.78 bits per heavy atom. The minimum atomic E-state index is -1.03. The quantitative estimate of drug-likeness (QED) is 0.580. The zero-order chi connectivity index (χ0) is 22.5. The molecule has 0 bridgehead atoms. The fraction of sp³-hybridized carbons (Fsp3) is 0.0800. The van der Waals surface area contributed by atoms with Gasteiger partial charge in [0.15, 0.2) is 6.61 Å². The van der Waals surface area contributed by atoms with Crippen molar-refractivity contribution in [3.8, 4) is 5.75 Å². The summed E-state index contributed by atoms with van der Waals surface area (Å²) in [5.41, 5.74) is 3.29. The van der Waals surface area contributed by atoms with E-state index in [-0.39, 0.29) is 18.4 Å². The summed E-state index contributed by atoms with van der Waals surface area (Å²) in [6, 6.07) is 21.4. The van der Waals surface area contributed by atoms with Gasteiger partial charge in [0.05, 0.1) is 12.2 Å². The van der Waals surface area contributed by atoms with Crippen LogP contribution >= 0.6 is 0 Å². The van der Waals surface area contributed by atoms with E-state index in [1.807, 2.05) is 30.3 Å². The number of carboxylic acids is 1. The minimum absolute atomic E-state index is 0.0871. The summed E-state index contributed by atoms with van der Waals surface area (Å²) < 4.78 is 5.58. The first-order chi connectivity index (χ1) is 15.5. The van der Waals surface area contributed by atoms with Crippen LogP contribution in [0.25, 0.3) is 6.08 Å². The molecule has 3 aromatic rings. The number of ether oxygens (including phenoxy) is 1. The molecule has 7 heteroatoms. The SMILES string of the molecule is O=C(O)/C=C/c1ccc(NC(=O)c2ccc3c(c2)OCC(=O)N3Cc2ccccc2)cc1. The third kappa shape index (κ3) is 4.84. The van der Waals surface area contributed by atoms with E-state index in [2.05, 4.69) is 5.32 Å². The Morgan fingerprint density at radius 1 is 1.03 bits per heavy atom. The standard InChI is InChI=1S/C25H20N2O5/c28-23-16-32-22-14-19(9-12-21(22)27(23)15-18-4-2-1-3-5-18)25(31)26-20-10-6-17(7-11-20)8-13-24(29)30/h1-14H,15-16H2,(H,26,31)(H,29,30)/b13-8+. The summed E-state index contributed by atoms with van der Waals surface area (Å²) in [4.78, 5) is 37.4. The lowest BCUT2D eigenvalue weighted by Crippen LogP contribution is -2.38. The van der Waals surface area contributed by atoms with Gasteiger partial charge in [-0.2, -0.15) is 0 Å². The summed E-state index contributed by atoms with van der Waals surface area (Å²) in [7, 11) is 0. The molecule has 0 saturated heterocycles. The van der Waals surface area contributed by atoms with E-state index in [0.29, 0.717) is 34.8 Å². The average Bonchev–Trinajstić information content (AvgIpc) is 2.81. The summed E-state index contributed by atoms with van der Waals surface area (Å²) >= 11 is 0. The number of rotatable bonds is 6. The molecule has 160 valence electrons. The number of aliphatic carboxylic acids is 1. The van der Waals surface area contributed by atoms with Crippen molar-refractivity contribution in [2.75, 3.05) is 16.8 Å². The van der Waals surface area contributed by atoms with E-state index >= 15 is 0 Å². The van der Waals surface area contributed by atoms with Crippen LogP contribution in [-0.2, 0) is 16.1 Å². The lowest BCUT2D eigenvalue weighted by molar-refractivity contribution is -0.131. The maximum atomic E-state index is 12.7. The summed E-state index contributed by atoms with van der Waals surface area (Å²) in [6.07, 6.45) is 2.52. The summed E-state index contributed by atoms with van der Waals surface area (Å²) in [6.45, 7) is 0.334. The number of hydrogen-bond donors (Lipinski definition) is 2. The van der Waals surface area contributed by atoms with Crippen LogP contribution in [0.15, 0.2) is 78.9 Å². The number of carboxylic acid groups (broad SMARTS) is 1. The second kappa shape index (κ2) is 9.18. The zero-order valence-electron chi connectivity index (χ0n) is 17.0. The predicted octanol–water partition coefficient (Wildman–Crippen LogP) is 3.96. The van der Waals surface area contributed by atoms with Crippen LogP contribution in [0, 0.1) is 0 Å². The van der Waals surface area contributed by atoms with Crippen LogP contribution in [0.4, 0.5) is 11.4 Å². The van der Waals surface area contributed by atoms with E-state index in [0.717, 1.165) is 11.6 Å². The second-order valence-corrected chi connectivity index (χ2v) is 7.18. The number of hydrogen-bond acceptors (Lipinski definition) is 4. The molecular formula is C25H20N2O5. The highest BCUT2D eigenvalue weighted by molar-refractivity contribution is 6.06. The fourth-order valence-electron chi connectivity index (χ4n) is 3.33. The van der Waals surface area contributed by atoms with Crippen LogP contribution in [0.2, 0.25) is 0 Å². The van der Waals surface area contributed by atoms with Crippen molar-refractivity contribution in [1.82, 2.24) is 0 Å². The van der Waals surface area contributed by atoms with Gasteiger partial charge in [0.1, 0.15) is 5.75 Å². The molecule has 0 saturated carbocycles. The number of amides is 2.